The summed E-state index contributed by atoms with van der Waals surface area (Å²) in [5.41, 5.74) is 0.475. The monoisotopic (exact) mass is 355 g/mol. The van der Waals surface area contributed by atoms with Gasteiger partial charge in [-0.25, -0.2) is 4.98 Å². The van der Waals surface area contributed by atoms with E-state index in [0.717, 1.165) is 6.42 Å². The van der Waals surface area contributed by atoms with Crippen LogP contribution in [0.15, 0.2) is 23.1 Å². The second-order valence-electron chi connectivity index (χ2n) is 5.95. The second-order valence-corrected chi connectivity index (χ2v) is 5.95. The van der Waals surface area contributed by atoms with Crippen LogP contribution in [0.3, 0.4) is 0 Å². The van der Waals surface area contributed by atoms with Crippen molar-refractivity contribution in [2.75, 3.05) is 13.1 Å². The van der Waals surface area contributed by atoms with Crippen molar-refractivity contribution in [3.05, 3.63) is 24.5 Å². The number of aromatic nitrogens is 4. The summed E-state index contributed by atoms with van der Waals surface area (Å²) in [7, 11) is 0. The molecular formula is C15H16F3N5O2. The molecule has 1 amide bonds. The van der Waals surface area contributed by atoms with Crippen LogP contribution in [-0.4, -0.2) is 50.2 Å². The molecule has 0 spiro atoms. The Kier molecular flexibility index (Phi) is 4.95. The lowest BCUT2D eigenvalue weighted by Crippen LogP contribution is -2.42. The lowest BCUT2D eigenvalue weighted by Gasteiger charge is -2.32. The molecule has 1 aliphatic heterocycles. The molecule has 0 radical (unpaired) electrons. The van der Waals surface area contributed by atoms with Crippen molar-refractivity contribution in [2.45, 2.75) is 31.9 Å². The van der Waals surface area contributed by atoms with Crippen LogP contribution >= 0.6 is 0 Å². The van der Waals surface area contributed by atoms with Gasteiger partial charge in [-0.3, -0.25) is 9.78 Å². The van der Waals surface area contributed by atoms with E-state index in [-0.39, 0.29) is 12.5 Å². The van der Waals surface area contributed by atoms with Gasteiger partial charge in [-0.2, -0.15) is 18.2 Å². The molecule has 1 aliphatic rings. The molecule has 134 valence electrons. The molecule has 7 nitrogen and oxygen atoms in total. The molecular weight excluding hydrogens is 339 g/mol. The van der Waals surface area contributed by atoms with Crippen LogP contribution in [0, 0.1) is 5.92 Å². The molecule has 3 heterocycles. The number of rotatable bonds is 4. The normalized spacial score (nSPS) is 18.4. The van der Waals surface area contributed by atoms with Gasteiger partial charge in [0.05, 0.1) is 6.20 Å². The number of hydrogen-bond acceptors (Lipinski definition) is 6. The van der Waals surface area contributed by atoms with E-state index in [2.05, 4.69) is 20.1 Å². The zero-order chi connectivity index (χ0) is 17.9. The summed E-state index contributed by atoms with van der Waals surface area (Å²) in [6, 6.07) is 0. The van der Waals surface area contributed by atoms with Gasteiger partial charge >= 0.3 is 6.18 Å². The Morgan fingerprint density at radius 3 is 2.92 bits per heavy atom. The predicted molar refractivity (Wildman–Crippen MR) is 79.0 cm³/mol. The maximum atomic E-state index is 12.4. The summed E-state index contributed by atoms with van der Waals surface area (Å²) < 4.78 is 42.3. The number of carbonyl (C=O) groups excluding carboxylic acids is 1. The Morgan fingerprint density at radius 2 is 2.20 bits per heavy atom. The number of nitrogens with zero attached hydrogens (tertiary/aromatic N) is 5. The molecule has 0 aromatic carbocycles. The number of hydrogen-bond donors (Lipinski definition) is 0. The number of alkyl halides is 3. The highest BCUT2D eigenvalue weighted by atomic mass is 19.4. The van der Waals surface area contributed by atoms with E-state index in [1.165, 1.54) is 23.5 Å². The molecule has 2 aromatic heterocycles. The average Bonchev–Trinajstić information content (AvgIpc) is 3.03. The quantitative estimate of drug-likeness (QED) is 0.836. The van der Waals surface area contributed by atoms with Gasteiger partial charge in [0, 0.05) is 31.9 Å². The van der Waals surface area contributed by atoms with Gasteiger partial charge in [-0.05, 0) is 18.8 Å². The van der Waals surface area contributed by atoms with Gasteiger partial charge in [0.15, 0.2) is 0 Å². The minimum Gasteiger partial charge on any atom is -0.342 e. The van der Waals surface area contributed by atoms with E-state index in [9.17, 15) is 18.0 Å². The fourth-order valence-corrected chi connectivity index (χ4v) is 2.84. The van der Waals surface area contributed by atoms with E-state index >= 15 is 0 Å². The molecule has 0 bridgehead atoms. The van der Waals surface area contributed by atoms with Crippen LogP contribution < -0.4 is 0 Å². The summed E-state index contributed by atoms with van der Waals surface area (Å²) in [4.78, 5) is 25.2. The zero-order valence-electron chi connectivity index (χ0n) is 13.2. The molecule has 0 N–H and O–H groups in total. The maximum absolute atomic E-state index is 12.4. The van der Waals surface area contributed by atoms with Crippen LogP contribution in [0.5, 0.6) is 0 Å². The van der Waals surface area contributed by atoms with Gasteiger partial charge in [0.1, 0.15) is 12.1 Å². The molecule has 0 saturated carbocycles. The van der Waals surface area contributed by atoms with Gasteiger partial charge in [0.2, 0.25) is 17.6 Å². The Balaban J connectivity index is 1.60. The van der Waals surface area contributed by atoms with E-state index in [1.807, 2.05) is 0 Å². The first-order valence-electron chi connectivity index (χ1n) is 7.84. The number of carbonyl (C=O) groups is 1. The average molecular weight is 355 g/mol. The van der Waals surface area contributed by atoms with E-state index in [4.69, 9.17) is 4.52 Å². The Morgan fingerprint density at radius 1 is 1.36 bits per heavy atom. The number of halogens is 3. The fourth-order valence-electron chi connectivity index (χ4n) is 2.84. The lowest BCUT2D eigenvalue weighted by molar-refractivity contribution is -0.162. The van der Waals surface area contributed by atoms with Gasteiger partial charge < -0.3 is 9.42 Å². The highest BCUT2D eigenvalue weighted by Gasteiger charge is 2.35. The third-order valence-electron chi connectivity index (χ3n) is 3.95. The highest BCUT2D eigenvalue weighted by molar-refractivity contribution is 5.76. The highest BCUT2D eigenvalue weighted by Crippen LogP contribution is 2.25. The molecule has 1 unspecified atom stereocenters. The Bertz CT molecular complexity index is 719. The smallest absolute Gasteiger partial charge is 0.342 e. The molecule has 10 heteroatoms. The molecule has 2 aromatic rings. The third-order valence-corrected chi connectivity index (χ3v) is 3.95. The van der Waals surface area contributed by atoms with Crippen LogP contribution in [0.4, 0.5) is 13.2 Å². The van der Waals surface area contributed by atoms with Gasteiger partial charge in [-0.15, -0.1) is 0 Å². The van der Waals surface area contributed by atoms with Gasteiger partial charge in [0.25, 0.3) is 0 Å². The number of piperidine rings is 1. The second kappa shape index (κ2) is 7.16. The van der Waals surface area contributed by atoms with E-state index in [1.54, 1.807) is 0 Å². The molecule has 0 aliphatic carbocycles. The first kappa shape index (κ1) is 17.3. The minimum absolute atomic E-state index is 0.0129. The molecule has 1 atom stereocenters. The van der Waals surface area contributed by atoms with Crippen LogP contribution in [-0.2, 0) is 11.2 Å². The van der Waals surface area contributed by atoms with E-state index < -0.39 is 18.5 Å². The van der Waals surface area contributed by atoms with Crippen molar-refractivity contribution < 1.29 is 22.5 Å². The van der Waals surface area contributed by atoms with Crippen molar-refractivity contribution in [3.63, 3.8) is 0 Å². The Labute approximate surface area is 141 Å². The minimum atomic E-state index is -4.48. The topological polar surface area (TPSA) is 85.0 Å². The van der Waals surface area contributed by atoms with Crippen molar-refractivity contribution in [1.29, 1.82) is 0 Å². The van der Waals surface area contributed by atoms with Crippen molar-refractivity contribution in [1.82, 2.24) is 25.0 Å². The maximum Gasteiger partial charge on any atom is 0.397 e. The SMILES string of the molecule is O=C(CC(F)(F)F)N1CCCC(Cc2nc(-c3cnccn3)no2)C1. The number of likely N-dealkylation sites (tertiary alicyclic amines) is 1. The first-order valence-corrected chi connectivity index (χ1v) is 7.84. The Hall–Kier alpha value is -2.52. The number of amides is 1. The summed E-state index contributed by atoms with van der Waals surface area (Å²) in [6.45, 7) is 0.609. The van der Waals surface area contributed by atoms with Crippen LogP contribution in [0.1, 0.15) is 25.2 Å². The predicted octanol–water partition coefficient (Wildman–Crippen LogP) is 2.26. The summed E-state index contributed by atoms with van der Waals surface area (Å²) in [5, 5.41) is 3.84. The first-order chi connectivity index (χ1) is 11.9. The standard InChI is InChI=1S/C15H16F3N5O2/c16-15(17,18)7-13(24)23-5-1-2-10(9-23)6-12-21-14(22-25-12)11-8-19-3-4-20-11/h3-4,8,10H,1-2,5-7,9H2. The lowest BCUT2D eigenvalue weighted by atomic mass is 9.94. The van der Waals surface area contributed by atoms with Crippen molar-refractivity contribution >= 4 is 5.91 Å². The molecule has 3 rings (SSSR count). The van der Waals surface area contributed by atoms with Gasteiger partial charge in [-0.1, -0.05) is 5.16 Å². The fraction of sp³-hybridized carbons (Fsp3) is 0.533. The van der Waals surface area contributed by atoms with E-state index in [0.29, 0.717) is 36.8 Å². The van der Waals surface area contributed by atoms with Crippen LogP contribution in [0.2, 0.25) is 0 Å². The molecule has 1 saturated heterocycles. The van der Waals surface area contributed by atoms with Crippen molar-refractivity contribution in [3.8, 4) is 11.5 Å². The van der Waals surface area contributed by atoms with Crippen molar-refractivity contribution in [2.24, 2.45) is 5.92 Å². The third kappa shape index (κ3) is 4.74. The zero-order valence-corrected chi connectivity index (χ0v) is 13.2. The largest absolute Gasteiger partial charge is 0.397 e. The van der Waals surface area contributed by atoms with Crippen LogP contribution in [0.25, 0.3) is 11.5 Å². The molecule has 1 fully saturated rings. The molecule has 25 heavy (non-hydrogen) atoms. The summed E-state index contributed by atoms with van der Waals surface area (Å²) >= 11 is 0. The summed E-state index contributed by atoms with van der Waals surface area (Å²) in [5.74, 6) is -0.219. The summed E-state index contributed by atoms with van der Waals surface area (Å²) in [6.07, 6.45) is 0.489.